The highest BCUT2D eigenvalue weighted by molar-refractivity contribution is 5.94. The lowest BCUT2D eigenvalue weighted by Crippen LogP contribution is -2.44. The number of aromatic nitrogens is 2. The summed E-state index contributed by atoms with van der Waals surface area (Å²) in [6.07, 6.45) is 2.28. The summed E-state index contributed by atoms with van der Waals surface area (Å²) in [5, 5.41) is 10.5. The molecule has 1 heterocycles. The van der Waals surface area contributed by atoms with E-state index in [1.165, 1.54) is 30.5 Å². The van der Waals surface area contributed by atoms with Gasteiger partial charge in [-0.05, 0) is 36.6 Å². The Hall–Kier alpha value is -3.01. The van der Waals surface area contributed by atoms with E-state index in [2.05, 4.69) is 29.2 Å². The molecule has 2 aromatic rings. The van der Waals surface area contributed by atoms with Crippen LogP contribution in [0.1, 0.15) is 36.5 Å². The maximum atomic E-state index is 13.0. The van der Waals surface area contributed by atoms with Crippen LogP contribution in [0.15, 0.2) is 36.5 Å². The molecule has 0 bridgehead atoms. The van der Waals surface area contributed by atoms with E-state index in [9.17, 15) is 9.18 Å². The van der Waals surface area contributed by atoms with Gasteiger partial charge in [-0.3, -0.25) is 15.2 Å². The van der Waals surface area contributed by atoms with E-state index in [0.29, 0.717) is 23.8 Å². The molecule has 0 aliphatic rings. The van der Waals surface area contributed by atoms with E-state index in [1.807, 2.05) is 6.07 Å². The summed E-state index contributed by atoms with van der Waals surface area (Å²) in [5.74, 6) is 0.0942. The third kappa shape index (κ3) is 4.74. The zero-order valence-corrected chi connectivity index (χ0v) is 13.5. The van der Waals surface area contributed by atoms with E-state index in [1.54, 1.807) is 11.1 Å². The minimum atomic E-state index is -0.405. The minimum Gasteiger partial charge on any atom is -0.268 e. The average Bonchev–Trinajstić information content (AvgIpc) is 2.58. The van der Waals surface area contributed by atoms with Crippen molar-refractivity contribution in [3.8, 4) is 6.07 Å². The average molecular weight is 327 g/mol. The van der Waals surface area contributed by atoms with Gasteiger partial charge in [-0.25, -0.2) is 9.37 Å². The van der Waals surface area contributed by atoms with Gasteiger partial charge in [0.25, 0.3) is 5.91 Å². The molecule has 0 aliphatic heterocycles. The number of hydrazine groups is 1. The zero-order valence-electron chi connectivity index (χ0n) is 13.5. The first-order valence-corrected chi connectivity index (χ1v) is 7.57. The molecule has 1 aromatic heterocycles. The first-order chi connectivity index (χ1) is 11.5. The number of benzene rings is 1. The number of nitrogens with one attached hydrogen (secondary N) is 1. The summed E-state index contributed by atoms with van der Waals surface area (Å²) < 4.78 is 13.0. The van der Waals surface area contributed by atoms with E-state index in [0.717, 1.165) is 6.42 Å². The minimum absolute atomic E-state index is 0.0260. The van der Waals surface area contributed by atoms with Crippen LogP contribution in [0.25, 0.3) is 0 Å². The Morgan fingerprint density at radius 1 is 1.33 bits per heavy atom. The van der Waals surface area contributed by atoms with Crippen LogP contribution in [0, 0.1) is 23.1 Å². The quantitative estimate of drug-likeness (QED) is 0.825. The third-order valence-electron chi connectivity index (χ3n) is 3.29. The highest BCUT2D eigenvalue weighted by Crippen LogP contribution is 2.12. The molecule has 0 saturated heterocycles. The van der Waals surface area contributed by atoms with Crippen molar-refractivity contribution in [2.75, 3.05) is 11.6 Å². The predicted octanol–water partition coefficient (Wildman–Crippen LogP) is 2.68. The zero-order chi connectivity index (χ0) is 17.5. The Morgan fingerprint density at radius 3 is 2.67 bits per heavy atom. The maximum Gasteiger partial charge on any atom is 0.269 e. The largest absolute Gasteiger partial charge is 0.269 e. The maximum absolute atomic E-state index is 13.0. The normalized spacial score (nSPS) is 10.3. The lowest BCUT2D eigenvalue weighted by molar-refractivity contribution is 0.0948. The predicted molar refractivity (Wildman–Crippen MR) is 87.4 cm³/mol. The van der Waals surface area contributed by atoms with Crippen LogP contribution in [-0.4, -0.2) is 22.4 Å². The Bertz CT molecular complexity index is 739. The monoisotopic (exact) mass is 327 g/mol. The number of hydrogen-bond donors (Lipinski definition) is 1. The van der Waals surface area contributed by atoms with Gasteiger partial charge in [-0.15, -0.1) is 0 Å². The van der Waals surface area contributed by atoms with Crippen LogP contribution in [0.4, 0.5) is 10.2 Å². The second-order valence-corrected chi connectivity index (χ2v) is 5.63. The van der Waals surface area contributed by atoms with Crippen LogP contribution in [0.5, 0.6) is 0 Å². The number of hydrogen-bond acceptors (Lipinski definition) is 5. The van der Waals surface area contributed by atoms with Crippen LogP contribution < -0.4 is 10.4 Å². The summed E-state index contributed by atoms with van der Waals surface area (Å²) in [5.41, 5.74) is 3.08. The van der Waals surface area contributed by atoms with Gasteiger partial charge < -0.3 is 0 Å². The molecule has 6 nitrogen and oxygen atoms in total. The van der Waals surface area contributed by atoms with Crippen molar-refractivity contribution in [3.63, 3.8) is 0 Å². The number of anilines is 1. The molecule has 0 saturated carbocycles. The summed E-state index contributed by atoms with van der Waals surface area (Å²) in [6.45, 7) is 4.66. The first kappa shape index (κ1) is 17.3. The molecule has 124 valence electrons. The van der Waals surface area contributed by atoms with Crippen molar-refractivity contribution < 1.29 is 9.18 Å². The molecule has 0 atom stereocenters. The van der Waals surface area contributed by atoms with E-state index in [-0.39, 0.29) is 11.7 Å². The van der Waals surface area contributed by atoms with Gasteiger partial charge in [0, 0.05) is 24.4 Å². The van der Waals surface area contributed by atoms with Crippen molar-refractivity contribution in [1.29, 1.82) is 5.26 Å². The molecule has 2 rings (SSSR count). The molecule has 7 heteroatoms. The van der Waals surface area contributed by atoms with Crippen LogP contribution in [0.2, 0.25) is 0 Å². The fraction of sp³-hybridized carbons (Fsp3) is 0.294. The number of halogens is 1. The van der Waals surface area contributed by atoms with Gasteiger partial charge in [-0.2, -0.15) is 10.2 Å². The van der Waals surface area contributed by atoms with Gasteiger partial charge in [0.15, 0.2) is 5.82 Å². The number of amides is 1. The van der Waals surface area contributed by atoms with Crippen molar-refractivity contribution in [2.45, 2.75) is 20.3 Å². The number of rotatable bonds is 6. The Balaban J connectivity index is 2.20. The fourth-order valence-corrected chi connectivity index (χ4v) is 1.96. The SMILES string of the molecule is CC(C)CCN(NC(=O)c1ccc(F)cc1)c1ccnc(C#N)n1. The molecule has 0 unspecified atom stereocenters. The van der Waals surface area contributed by atoms with Crippen LogP contribution in [-0.2, 0) is 0 Å². The van der Waals surface area contributed by atoms with Gasteiger partial charge in [0.2, 0.25) is 5.82 Å². The first-order valence-electron chi connectivity index (χ1n) is 7.57. The fourth-order valence-electron chi connectivity index (χ4n) is 1.96. The summed E-state index contributed by atoms with van der Waals surface area (Å²) >= 11 is 0. The van der Waals surface area contributed by atoms with E-state index >= 15 is 0 Å². The third-order valence-corrected chi connectivity index (χ3v) is 3.29. The molecule has 0 radical (unpaired) electrons. The molecule has 0 aliphatic carbocycles. The summed E-state index contributed by atoms with van der Waals surface area (Å²) in [4.78, 5) is 20.3. The van der Waals surface area contributed by atoms with Crippen molar-refractivity contribution in [2.24, 2.45) is 5.92 Å². The molecular weight excluding hydrogens is 309 g/mol. The lowest BCUT2D eigenvalue weighted by atomic mass is 10.1. The van der Waals surface area contributed by atoms with E-state index in [4.69, 9.17) is 5.26 Å². The highest BCUT2D eigenvalue weighted by Gasteiger charge is 2.15. The topological polar surface area (TPSA) is 81.9 Å². The Kier molecular flexibility index (Phi) is 5.79. The van der Waals surface area contributed by atoms with Gasteiger partial charge in [-0.1, -0.05) is 13.8 Å². The van der Waals surface area contributed by atoms with E-state index < -0.39 is 5.82 Å². The number of nitriles is 1. The second kappa shape index (κ2) is 8.02. The number of nitrogens with zero attached hydrogens (tertiary/aromatic N) is 4. The molecule has 1 N–H and O–H groups in total. The molecule has 0 fully saturated rings. The van der Waals surface area contributed by atoms with Crippen LogP contribution in [0.3, 0.4) is 0 Å². The van der Waals surface area contributed by atoms with Crippen molar-refractivity contribution >= 4 is 11.7 Å². The smallest absolute Gasteiger partial charge is 0.268 e. The molecule has 1 aromatic carbocycles. The Morgan fingerprint density at radius 2 is 2.04 bits per heavy atom. The molecule has 24 heavy (non-hydrogen) atoms. The standard InChI is InChI=1S/C17H18FN5O/c1-12(2)8-10-23(16-7-9-20-15(11-19)21-16)22-17(24)13-3-5-14(18)6-4-13/h3-7,9,12H,8,10H2,1-2H3,(H,22,24). The molecule has 1 amide bonds. The summed E-state index contributed by atoms with van der Waals surface area (Å²) in [6, 6.07) is 8.77. The van der Waals surface area contributed by atoms with Crippen molar-refractivity contribution in [1.82, 2.24) is 15.4 Å². The molecule has 0 spiro atoms. The second-order valence-electron chi connectivity index (χ2n) is 5.63. The Labute approximate surface area is 139 Å². The van der Waals surface area contributed by atoms with Gasteiger partial charge >= 0.3 is 0 Å². The lowest BCUT2D eigenvalue weighted by Gasteiger charge is -2.25. The summed E-state index contributed by atoms with van der Waals surface area (Å²) in [7, 11) is 0. The van der Waals surface area contributed by atoms with Gasteiger partial charge in [0.05, 0.1) is 0 Å². The van der Waals surface area contributed by atoms with Gasteiger partial charge in [0.1, 0.15) is 11.9 Å². The number of carbonyl (C=O) groups excluding carboxylic acids is 1. The van der Waals surface area contributed by atoms with Crippen LogP contribution >= 0.6 is 0 Å². The molecular formula is C17H18FN5O. The highest BCUT2D eigenvalue weighted by atomic mass is 19.1. The van der Waals surface area contributed by atoms with Crippen molar-refractivity contribution in [3.05, 3.63) is 53.7 Å². The number of carbonyl (C=O) groups is 1.